The summed E-state index contributed by atoms with van der Waals surface area (Å²) in [6, 6.07) is 5.37. The van der Waals surface area contributed by atoms with Crippen LogP contribution in [-0.4, -0.2) is 25.0 Å². The molecule has 0 saturated heterocycles. The molecule has 1 aromatic rings. The Kier molecular flexibility index (Phi) is 5.85. The van der Waals surface area contributed by atoms with Gasteiger partial charge in [0.15, 0.2) is 0 Å². The van der Waals surface area contributed by atoms with Crippen LogP contribution in [0.5, 0.6) is 0 Å². The molecule has 0 radical (unpaired) electrons. The van der Waals surface area contributed by atoms with Crippen molar-refractivity contribution in [1.82, 2.24) is 5.32 Å². The Morgan fingerprint density at radius 2 is 2.11 bits per heavy atom. The minimum Gasteiger partial charge on any atom is -0.466 e. The number of carbonyl (C=O) groups excluding carboxylic acids is 2. The van der Waals surface area contributed by atoms with Crippen LogP contribution in [0.15, 0.2) is 22.7 Å². The normalized spacial score (nSPS) is 9.94. The molecule has 1 N–H and O–H groups in total. The van der Waals surface area contributed by atoms with Gasteiger partial charge in [0.1, 0.15) is 0 Å². The number of aryl methyl sites for hydroxylation is 1. The van der Waals surface area contributed by atoms with Crippen molar-refractivity contribution >= 4 is 27.8 Å². The molecule has 0 bridgehead atoms. The highest BCUT2D eigenvalue weighted by Gasteiger charge is 2.08. The van der Waals surface area contributed by atoms with Gasteiger partial charge in [0, 0.05) is 16.6 Å². The van der Waals surface area contributed by atoms with Crippen LogP contribution < -0.4 is 5.32 Å². The molecule has 0 fully saturated rings. The Labute approximate surface area is 115 Å². The Balaban J connectivity index is 2.45. The topological polar surface area (TPSA) is 55.4 Å². The highest BCUT2D eigenvalue weighted by Crippen LogP contribution is 2.17. The standard InChI is InChI=1S/C13H16BrNO3/c1-3-18-12(16)6-7-15-13(17)10-5-4-9(2)11(14)8-10/h4-5,8H,3,6-7H2,1-2H3,(H,15,17). The largest absolute Gasteiger partial charge is 0.466 e. The number of rotatable bonds is 5. The van der Waals surface area contributed by atoms with E-state index in [0.29, 0.717) is 12.2 Å². The molecule has 1 aromatic carbocycles. The molecule has 0 aliphatic rings. The third-order valence-electron chi connectivity index (χ3n) is 2.35. The lowest BCUT2D eigenvalue weighted by atomic mass is 10.1. The van der Waals surface area contributed by atoms with Crippen LogP contribution in [0.2, 0.25) is 0 Å². The minimum absolute atomic E-state index is 0.187. The Morgan fingerprint density at radius 1 is 1.39 bits per heavy atom. The molecule has 0 saturated carbocycles. The predicted molar refractivity (Wildman–Crippen MR) is 72.5 cm³/mol. The van der Waals surface area contributed by atoms with Crippen molar-refractivity contribution in [1.29, 1.82) is 0 Å². The first-order chi connectivity index (χ1) is 8.54. The van der Waals surface area contributed by atoms with Gasteiger partial charge >= 0.3 is 5.97 Å². The molecular weight excluding hydrogens is 298 g/mol. The van der Waals surface area contributed by atoms with E-state index in [4.69, 9.17) is 4.74 Å². The fraction of sp³-hybridized carbons (Fsp3) is 0.385. The molecule has 4 nitrogen and oxygen atoms in total. The maximum absolute atomic E-state index is 11.8. The number of hydrogen-bond acceptors (Lipinski definition) is 3. The van der Waals surface area contributed by atoms with E-state index < -0.39 is 0 Å². The van der Waals surface area contributed by atoms with E-state index in [1.165, 1.54) is 0 Å². The summed E-state index contributed by atoms with van der Waals surface area (Å²) >= 11 is 3.37. The number of hydrogen-bond donors (Lipinski definition) is 1. The second-order valence-corrected chi connectivity index (χ2v) is 4.63. The number of ether oxygens (including phenoxy) is 1. The van der Waals surface area contributed by atoms with E-state index in [1.54, 1.807) is 19.1 Å². The van der Waals surface area contributed by atoms with Crippen molar-refractivity contribution < 1.29 is 14.3 Å². The summed E-state index contributed by atoms with van der Waals surface area (Å²) in [5, 5.41) is 2.67. The third kappa shape index (κ3) is 4.49. The third-order valence-corrected chi connectivity index (χ3v) is 3.21. The Hall–Kier alpha value is -1.36. The van der Waals surface area contributed by atoms with Gasteiger partial charge in [0.25, 0.3) is 5.91 Å². The highest BCUT2D eigenvalue weighted by molar-refractivity contribution is 9.10. The van der Waals surface area contributed by atoms with Crippen LogP contribution in [0.1, 0.15) is 29.3 Å². The molecule has 1 rings (SSSR count). The molecule has 0 unspecified atom stereocenters. The number of nitrogens with one attached hydrogen (secondary N) is 1. The summed E-state index contributed by atoms with van der Waals surface area (Å²) in [5.41, 5.74) is 1.63. The molecular formula is C13H16BrNO3. The summed E-state index contributed by atoms with van der Waals surface area (Å²) in [4.78, 5) is 22.8. The summed E-state index contributed by atoms with van der Waals surface area (Å²) in [7, 11) is 0. The van der Waals surface area contributed by atoms with Crippen molar-refractivity contribution in [3.05, 3.63) is 33.8 Å². The first-order valence-electron chi connectivity index (χ1n) is 5.74. The van der Waals surface area contributed by atoms with E-state index in [1.807, 2.05) is 13.0 Å². The number of amides is 1. The molecule has 0 heterocycles. The van der Waals surface area contributed by atoms with E-state index in [2.05, 4.69) is 21.2 Å². The van der Waals surface area contributed by atoms with Crippen molar-refractivity contribution in [3.8, 4) is 0 Å². The summed E-state index contributed by atoms with van der Waals surface area (Å²) in [6.07, 6.45) is 0.187. The molecule has 0 atom stereocenters. The SMILES string of the molecule is CCOC(=O)CCNC(=O)c1ccc(C)c(Br)c1. The maximum atomic E-state index is 11.8. The van der Waals surface area contributed by atoms with Gasteiger partial charge in [0.2, 0.25) is 0 Å². The van der Waals surface area contributed by atoms with E-state index >= 15 is 0 Å². The fourth-order valence-electron chi connectivity index (χ4n) is 1.35. The molecule has 1 amide bonds. The summed E-state index contributed by atoms with van der Waals surface area (Å²) < 4.78 is 5.66. The lowest BCUT2D eigenvalue weighted by Gasteiger charge is -2.06. The monoisotopic (exact) mass is 313 g/mol. The summed E-state index contributed by atoms with van der Waals surface area (Å²) in [5.74, 6) is -0.497. The molecule has 0 spiro atoms. The van der Waals surface area contributed by atoms with Gasteiger partial charge in [-0.3, -0.25) is 9.59 Å². The van der Waals surface area contributed by atoms with E-state index in [0.717, 1.165) is 10.0 Å². The van der Waals surface area contributed by atoms with E-state index in [9.17, 15) is 9.59 Å². The second kappa shape index (κ2) is 7.16. The smallest absolute Gasteiger partial charge is 0.307 e. The van der Waals surface area contributed by atoms with Gasteiger partial charge in [-0.05, 0) is 31.5 Å². The van der Waals surface area contributed by atoms with Crippen molar-refractivity contribution in [2.45, 2.75) is 20.3 Å². The van der Waals surface area contributed by atoms with Gasteiger partial charge in [-0.1, -0.05) is 22.0 Å². The number of carbonyl (C=O) groups is 2. The zero-order valence-corrected chi connectivity index (χ0v) is 12.0. The quantitative estimate of drug-likeness (QED) is 0.849. The molecule has 0 aliphatic heterocycles. The van der Waals surface area contributed by atoms with Crippen molar-refractivity contribution in [2.24, 2.45) is 0 Å². The van der Waals surface area contributed by atoms with Gasteiger partial charge in [-0.15, -0.1) is 0 Å². The zero-order valence-electron chi connectivity index (χ0n) is 10.5. The number of halogens is 1. The van der Waals surface area contributed by atoms with Crippen molar-refractivity contribution in [2.75, 3.05) is 13.2 Å². The van der Waals surface area contributed by atoms with Crippen LogP contribution in [0, 0.1) is 6.92 Å². The molecule has 5 heteroatoms. The first-order valence-corrected chi connectivity index (χ1v) is 6.54. The first kappa shape index (κ1) is 14.7. The lowest BCUT2D eigenvalue weighted by molar-refractivity contribution is -0.142. The average molecular weight is 314 g/mol. The Morgan fingerprint density at radius 3 is 2.72 bits per heavy atom. The van der Waals surface area contributed by atoms with Gasteiger partial charge in [0.05, 0.1) is 13.0 Å². The Bertz CT molecular complexity index is 446. The molecule has 98 valence electrons. The van der Waals surface area contributed by atoms with Gasteiger partial charge in [-0.2, -0.15) is 0 Å². The van der Waals surface area contributed by atoms with Crippen LogP contribution in [0.4, 0.5) is 0 Å². The fourth-order valence-corrected chi connectivity index (χ4v) is 1.73. The minimum atomic E-state index is -0.303. The average Bonchev–Trinajstić information content (AvgIpc) is 2.33. The molecule has 0 aromatic heterocycles. The maximum Gasteiger partial charge on any atom is 0.307 e. The van der Waals surface area contributed by atoms with Gasteiger partial charge in [-0.25, -0.2) is 0 Å². The van der Waals surface area contributed by atoms with Crippen LogP contribution >= 0.6 is 15.9 Å². The van der Waals surface area contributed by atoms with Crippen LogP contribution in [-0.2, 0) is 9.53 Å². The highest BCUT2D eigenvalue weighted by atomic mass is 79.9. The second-order valence-electron chi connectivity index (χ2n) is 3.77. The zero-order chi connectivity index (χ0) is 13.5. The molecule has 0 aliphatic carbocycles. The predicted octanol–water partition coefficient (Wildman–Crippen LogP) is 2.44. The van der Waals surface area contributed by atoms with Crippen molar-refractivity contribution in [3.63, 3.8) is 0 Å². The van der Waals surface area contributed by atoms with E-state index in [-0.39, 0.29) is 24.8 Å². The van der Waals surface area contributed by atoms with Crippen LogP contribution in [0.3, 0.4) is 0 Å². The lowest BCUT2D eigenvalue weighted by Crippen LogP contribution is -2.26. The number of benzene rings is 1. The molecule has 18 heavy (non-hydrogen) atoms. The van der Waals surface area contributed by atoms with Gasteiger partial charge < -0.3 is 10.1 Å². The summed E-state index contributed by atoms with van der Waals surface area (Å²) in [6.45, 7) is 4.34. The van der Waals surface area contributed by atoms with Crippen LogP contribution in [0.25, 0.3) is 0 Å². The number of esters is 1.